The molecule has 48 heavy (non-hydrogen) atoms. The fourth-order valence-corrected chi connectivity index (χ4v) is 6.48. The minimum atomic E-state index is -4.75. The monoisotopic (exact) mass is 686 g/mol. The molecule has 7 rings (SSSR count). The third kappa shape index (κ3) is 6.08. The zero-order valence-corrected chi connectivity index (χ0v) is 27.0. The summed E-state index contributed by atoms with van der Waals surface area (Å²) < 4.78 is 78.3. The van der Waals surface area contributed by atoms with Crippen LogP contribution in [0.2, 0.25) is 5.02 Å². The summed E-state index contributed by atoms with van der Waals surface area (Å²) in [6.07, 6.45) is -1.81. The van der Waals surface area contributed by atoms with Crippen LogP contribution in [0, 0.1) is 5.82 Å². The number of imidazole rings is 1. The molecule has 1 saturated heterocycles. The van der Waals surface area contributed by atoms with Crippen molar-refractivity contribution in [2.45, 2.75) is 63.8 Å². The minimum absolute atomic E-state index is 0.144. The summed E-state index contributed by atoms with van der Waals surface area (Å²) in [6.45, 7) is 6.17. The highest BCUT2D eigenvalue weighted by Gasteiger charge is 2.43. The lowest BCUT2D eigenvalue weighted by Gasteiger charge is -2.32. The van der Waals surface area contributed by atoms with Crippen molar-refractivity contribution in [3.63, 3.8) is 0 Å². The smallest absolute Gasteiger partial charge is 0.444 e. The number of methoxy groups -OCH3 is 1. The van der Waals surface area contributed by atoms with Crippen LogP contribution >= 0.6 is 11.6 Å². The maximum Gasteiger partial charge on any atom is 0.471 e. The molecule has 2 aliphatic rings. The van der Waals surface area contributed by atoms with Crippen LogP contribution in [0.25, 0.3) is 22.6 Å². The number of alkyl halides is 3. The van der Waals surface area contributed by atoms with Gasteiger partial charge in [0.15, 0.2) is 17.1 Å². The quantitative estimate of drug-likeness (QED) is 0.155. The highest BCUT2D eigenvalue weighted by molar-refractivity contribution is 6.30. The minimum Gasteiger partial charge on any atom is -0.444 e. The normalized spacial score (nSPS) is 19.3. The number of pyridine rings is 1. The molecule has 252 valence electrons. The number of hydrogen-bond acceptors (Lipinski definition) is 9. The van der Waals surface area contributed by atoms with Crippen molar-refractivity contribution in [3.8, 4) is 22.9 Å². The second kappa shape index (κ2) is 12.3. The molecule has 15 heteroatoms. The topological polar surface area (TPSA) is 101 Å². The average Bonchev–Trinajstić information content (AvgIpc) is 3.77. The van der Waals surface area contributed by atoms with E-state index in [1.54, 1.807) is 32.2 Å². The zero-order valence-electron chi connectivity index (χ0n) is 26.2. The van der Waals surface area contributed by atoms with Crippen LogP contribution in [-0.4, -0.2) is 55.9 Å². The lowest BCUT2D eigenvalue weighted by molar-refractivity contribution is -0.159. The predicted molar refractivity (Wildman–Crippen MR) is 166 cm³/mol. The lowest BCUT2D eigenvalue weighted by Crippen LogP contribution is -2.34. The molecule has 0 bridgehead atoms. The van der Waals surface area contributed by atoms with Gasteiger partial charge in [0.25, 0.3) is 5.79 Å². The molecule has 5 aromatic rings. The number of likely N-dealkylation sites (tertiary alicyclic amines) is 1. The van der Waals surface area contributed by atoms with Crippen molar-refractivity contribution in [1.29, 1.82) is 0 Å². The number of benzene rings is 2. The second-order valence-electron chi connectivity index (χ2n) is 12.2. The Labute approximate surface area is 277 Å². The standard InChI is InChI=1S/C33H31ClF4N6O4/c1-18(45-3)16-44-27(40-25-13-20(15-39-30(25)44)29-41-31(48-42-29)33(36,37)38)17-43-11-9-19(10-12-43)22-5-4-6-26-28(22)47-32(2,46-26)23-8-7-21(34)14-24(23)35/h4-8,13-15,18-19H,9-12,16-17H2,1-3H3. The zero-order chi connectivity index (χ0) is 33.8. The molecule has 2 aromatic carbocycles. The van der Waals surface area contributed by atoms with Crippen LogP contribution in [0.5, 0.6) is 11.5 Å². The first kappa shape index (κ1) is 32.3. The van der Waals surface area contributed by atoms with Gasteiger partial charge in [-0.25, -0.2) is 14.4 Å². The summed E-state index contributed by atoms with van der Waals surface area (Å²) in [5.41, 5.74) is 2.60. The Balaban J connectivity index is 1.09. The van der Waals surface area contributed by atoms with Crippen molar-refractivity contribution in [1.82, 2.24) is 29.6 Å². The Morgan fingerprint density at radius 2 is 1.90 bits per heavy atom. The Bertz CT molecular complexity index is 1980. The van der Waals surface area contributed by atoms with Crippen molar-refractivity contribution < 1.29 is 36.3 Å². The molecule has 10 nitrogen and oxygen atoms in total. The van der Waals surface area contributed by atoms with E-state index in [1.165, 1.54) is 12.3 Å². The summed E-state index contributed by atoms with van der Waals surface area (Å²) in [4.78, 5) is 15.1. The fraction of sp³-hybridized carbons (Fsp3) is 0.394. The van der Waals surface area contributed by atoms with E-state index in [2.05, 4.69) is 24.5 Å². The molecule has 2 unspecified atom stereocenters. The number of fused-ring (bicyclic) bond motifs is 2. The highest BCUT2D eigenvalue weighted by Crippen LogP contribution is 2.50. The van der Waals surface area contributed by atoms with Gasteiger partial charge in [-0.15, -0.1) is 0 Å². The van der Waals surface area contributed by atoms with Gasteiger partial charge in [0.1, 0.15) is 17.2 Å². The predicted octanol–water partition coefficient (Wildman–Crippen LogP) is 7.35. The van der Waals surface area contributed by atoms with E-state index >= 15 is 0 Å². The van der Waals surface area contributed by atoms with E-state index in [-0.39, 0.29) is 29.0 Å². The molecule has 0 radical (unpaired) electrons. The molecule has 5 heterocycles. The molecule has 0 aliphatic carbocycles. The van der Waals surface area contributed by atoms with Crippen LogP contribution in [-0.2, 0) is 29.8 Å². The third-order valence-electron chi connectivity index (χ3n) is 8.86. The largest absolute Gasteiger partial charge is 0.471 e. The van der Waals surface area contributed by atoms with Crippen molar-refractivity contribution in [2.24, 2.45) is 0 Å². The Hall–Kier alpha value is -4.27. The summed E-state index contributed by atoms with van der Waals surface area (Å²) in [6, 6.07) is 11.8. The molecular formula is C33H31ClF4N6O4. The second-order valence-corrected chi connectivity index (χ2v) is 12.6. The molecule has 1 fully saturated rings. The molecular weight excluding hydrogens is 656 g/mol. The molecule has 2 atom stereocenters. The van der Waals surface area contributed by atoms with Crippen LogP contribution in [0.4, 0.5) is 17.6 Å². The Morgan fingerprint density at radius 1 is 1.10 bits per heavy atom. The van der Waals surface area contributed by atoms with Crippen molar-refractivity contribution in [2.75, 3.05) is 20.2 Å². The Morgan fingerprint density at radius 3 is 2.60 bits per heavy atom. The van der Waals surface area contributed by atoms with Gasteiger partial charge < -0.3 is 23.3 Å². The van der Waals surface area contributed by atoms with E-state index in [0.717, 1.165) is 37.3 Å². The number of aromatic nitrogens is 5. The van der Waals surface area contributed by atoms with Gasteiger partial charge in [-0.05, 0) is 69.1 Å². The first-order valence-corrected chi connectivity index (χ1v) is 15.8. The van der Waals surface area contributed by atoms with Gasteiger partial charge in [0.2, 0.25) is 5.82 Å². The first-order valence-electron chi connectivity index (χ1n) is 15.4. The maximum atomic E-state index is 14.9. The number of para-hydroxylation sites is 1. The van der Waals surface area contributed by atoms with Crippen LogP contribution in [0.3, 0.4) is 0 Å². The SMILES string of the molecule is COC(C)Cn1c(CN2CCC(c3cccc4c3OC(C)(c3ccc(Cl)cc3F)O4)CC2)nc2cc(-c3noc(C(F)(F)F)n3)cnc21. The summed E-state index contributed by atoms with van der Waals surface area (Å²) in [7, 11) is 1.62. The number of ether oxygens (including phenoxy) is 3. The van der Waals surface area contributed by atoms with Crippen molar-refractivity contribution >= 4 is 22.8 Å². The van der Waals surface area contributed by atoms with Crippen LogP contribution in [0.1, 0.15) is 55.4 Å². The fourth-order valence-electron chi connectivity index (χ4n) is 6.32. The average molecular weight is 687 g/mol. The number of rotatable bonds is 8. The van der Waals surface area contributed by atoms with E-state index in [9.17, 15) is 17.6 Å². The summed E-state index contributed by atoms with van der Waals surface area (Å²) in [5.74, 6) is -1.36. The van der Waals surface area contributed by atoms with E-state index in [4.69, 9.17) is 30.8 Å². The first-order chi connectivity index (χ1) is 22.9. The lowest BCUT2D eigenvalue weighted by atomic mass is 9.88. The third-order valence-corrected chi connectivity index (χ3v) is 9.09. The molecule has 0 amide bonds. The van der Waals surface area contributed by atoms with E-state index in [1.807, 2.05) is 29.7 Å². The molecule has 3 aromatic heterocycles. The summed E-state index contributed by atoms with van der Waals surface area (Å²) >= 11 is 5.97. The van der Waals surface area contributed by atoms with E-state index in [0.29, 0.717) is 40.8 Å². The van der Waals surface area contributed by atoms with Crippen molar-refractivity contribution in [3.05, 3.63) is 82.3 Å². The van der Waals surface area contributed by atoms with Crippen LogP contribution in [0.15, 0.2) is 53.2 Å². The molecule has 0 saturated carbocycles. The summed E-state index contributed by atoms with van der Waals surface area (Å²) in [5, 5.41) is 3.77. The maximum absolute atomic E-state index is 14.9. The molecule has 0 spiro atoms. The number of hydrogen-bond donors (Lipinski definition) is 0. The molecule has 2 aliphatic heterocycles. The molecule has 0 N–H and O–H groups in total. The van der Waals surface area contributed by atoms with Gasteiger partial charge >= 0.3 is 12.1 Å². The van der Waals surface area contributed by atoms with E-state index < -0.39 is 23.7 Å². The van der Waals surface area contributed by atoms with Crippen LogP contribution < -0.4 is 9.47 Å². The number of piperidine rings is 1. The van der Waals surface area contributed by atoms with Gasteiger partial charge in [0.05, 0.1) is 24.8 Å². The highest BCUT2D eigenvalue weighted by atomic mass is 35.5. The number of halogens is 5. The van der Waals surface area contributed by atoms with Gasteiger partial charge in [-0.2, -0.15) is 18.2 Å². The number of nitrogens with zero attached hydrogens (tertiary/aromatic N) is 6. The van der Waals surface area contributed by atoms with Gasteiger partial charge in [0, 0.05) is 36.4 Å². The van der Waals surface area contributed by atoms with Gasteiger partial charge in [-0.3, -0.25) is 4.90 Å². The van der Waals surface area contributed by atoms with Gasteiger partial charge in [-0.1, -0.05) is 28.9 Å². The Kier molecular flexibility index (Phi) is 8.28.